The normalized spacial score (nSPS) is 13.4. The molecule has 1 aromatic heterocycles. The highest BCUT2D eigenvalue weighted by Gasteiger charge is 2.27. The fourth-order valence-corrected chi connectivity index (χ4v) is 4.26. The average molecular weight is 464 g/mol. The van der Waals surface area contributed by atoms with Crippen molar-refractivity contribution < 1.29 is 9.59 Å². The van der Waals surface area contributed by atoms with Crippen molar-refractivity contribution in [2.24, 2.45) is 0 Å². The minimum atomic E-state index is -0.517. The smallest absolute Gasteiger partial charge is 0.263 e. The third-order valence-electron chi connectivity index (χ3n) is 5.68. The number of nitrogens with zero attached hydrogens (tertiary/aromatic N) is 1. The zero-order chi connectivity index (χ0) is 23.7. The second kappa shape index (κ2) is 8.92. The van der Waals surface area contributed by atoms with Gasteiger partial charge in [0.1, 0.15) is 5.57 Å². The number of thiocarbonyl (C=S) groups is 1. The number of rotatable bonds is 4. The number of benzene rings is 3. The third-order valence-corrected chi connectivity index (χ3v) is 5.89. The summed E-state index contributed by atoms with van der Waals surface area (Å²) in [6.07, 6.45) is 1.63. The van der Waals surface area contributed by atoms with E-state index in [0.717, 1.165) is 39.3 Å². The Balaban J connectivity index is 1.82. The summed E-state index contributed by atoms with van der Waals surface area (Å²) >= 11 is 4.95. The van der Waals surface area contributed by atoms with Crippen LogP contribution in [0.25, 0.3) is 34.3 Å². The Bertz CT molecular complexity index is 1410. The van der Waals surface area contributed by atoms with E-state index < -0.39 is 11.8 Å². The van der Waals surface area contributed by atoms with E-state index in [9.17, 15) is 9.59 Å². The maximum Gasteiger partial charge on any atom is 0.263 e. The van der Waals surface area contributed by atoms with Crippen molar-refractivity contribution in [1.29, 1.82) is 0 Å². The molecule has 166 valence electrons. The summed E-state index contributed by atoms with van der Waals surface area (Å²) in [6, 6.07) is 30.3. The van der Waals surface area contributed by atoms with Crippen LogP contribution in [0.4, 0.5) is 0 Å². The second-order valence-corrected chi connectivity index (χ2v) is 8.44. The lowest BCUT2D eigenvalue weighted by molar-refractivity contribution is -0.123. The second-order valence-electron chi connectivity index (χ2n) is 8.03. The van der Waals surface area contributed by atoms with Gasteiger partial charge >= 0.3 is 0 Å². The van der Waals surface area contributed by atoms with E-state index in [-0.39, 0.29) is 10.7 Å². The molecular formula is C28H21N3O2S. The molecule has 2 amide bonds. The van der Waals surface area contributed by atoms with E-state index in [1.165, 1.54) is 0 Å². The number of amides is 2. The molecule has 0 saturated carbocycles. The molecule has 1 saturated heterocycles. The molecule has 0 aliphatic carbocycles. The number of aromatic nitrogens is 1. The first-order valence-corrected chi connectivity index (χ1v) is 11.2. The Morgan fingerprint density at radius 3 is 1.91 bits per heavy atom. The average Bonchev–Trinajstić information content (AvgIpc) is 3.22. The molecule has 0 atom stereocenters. The van der Waals surface area contributed by atoms with Gasteiger partial charge in [-0.2, -0.15) is 0 Å². The lowest BCUT2D eigenvalue weighted by Crippen LogP contribution is -2.51. The van der Waals surface area contributed by atoms with Crippen molar-refractivity contribution in [2.45, 2.75) is 6.92 Å². The molecule has 0 bridgehead atoms. The van der Waals surface area contributed by atoms with Crippen molar-refractivity contribution in [2.75, 3.05) is 0 Å². The lowest BCUT2D eigenvalue weighted by atomic mass is 10.0. The predicted octanol–water partition coefficient (Wildman–Crippen LogP) is 5.03. The van der Waals surface area contributed by atoms with Crippen molar-refractivity contribution in [1.82, 2.24) is 15.2 Å². The van der Waals surface area contributed by atoms with Gasteiger partial charge in [0.15, 0.2) is 5.11 Å². The van der Waals surface area contributed by atoms with Crippen LogP contribution in [0.3, 0.4) is 0 Å². The van der Waals surface area contributed by atoms with Crippen molar-refractivity contribution in [3.8, 4) is 28.2 Å². The van der Waals surface area contributed by atoms with Crippen molar-refractivity contribution >= 4 is 35.2 Å². The van der Waals surface area contributed by atoms with E-state index in [4.69, 9.17) is 12.2 Å². The molecule has 2 heterocycles. The fourth-order valence-electron chi connectivity index (χ4n) is 4.08. The van der Waals surface area contributed by atoms with E-state index in [0.29, 0.717) is 0 Å². The quantitative estimate of drug-likeness (QED) is 0.253. The standard InChI is InChI=1S/C28H21N3O2S/c1-18-12-14-22(15-13-18)31-24(19-8-4-2-5-9-19)17-21(25(31)20-10-6-3-7-11-20)16-23-26(32)29-28(34)30-27(23)33/h2-17H,1H3,(H2,29,30,32,33,34). The number of hydrogen-bond acceptors (Lipinski definition) is 3. The van der Waals surface area contributed by atoms with Crippen LogP contribution < -0.4 is 10.6 Å². The molecule has 1 fully saturated rings. The van der Waals surface area contributed by atoms with Crippen LogP contribution in [0.15, 0.2) is 96.6 Å². The number of nitrogens with one attached hydrogen (secondary N) is 2. The Hall–Kier alpha value is -4.29. The summed E-state index contributed by atoms with van der Waals surface area (Å²) in [5.74, 6) is -1.03. The molecule has 3 aromatic carbocycles. The largest absolute Gasteiger partial charge is 0.309 e. The fraction of sp³-hybridized carbons (Fsp3) is 0.0357. The first kappa shape index (κ1) is 21.6. The van der Waals surface area contributed by atoms with E-state index in [1.807, 2.05) is 66.7 Å². The van der Waals surface area contributed by atoms with E-state index in [2.05, 4.69) is 46.4 Å². The van der Waals surface area contributed by atoms with Gasteiger partial charge in [0.25, 0.3) is 11.8 Å². The van der Waals surface area contributed by atoms with Crippen LogP contribution in [0.2, 0.25) is 0 Å². The summed E-state index contributed by atoms with van der Waals surface area (Å²) in [6.45, 7) is 2.05. The van der Waals surface area contributed by atoms with Gasteiger partial charge < -0.3 is 4.57 Å². The topological polar surface area (TPSA) is 63.1 Å². The summed E-state index contributed by atoms with van der Waals surface area (Å²) in [5, 5.41) is 5.04. The lowest BCUT2D eigenvalue weighted by Gasteiger charge is -2.17. The predicted molar refractivity (Wildman–Crippen MR) is 138 cm³/mol. The minimum absolute atomic E-state index is 0.00597. The van der Waals surface area contributed by atoms with E-state index in [1.54, 1.807) is 6.08 Å². The molecule has 0 radical (unpaired) electrons. The van der Waals surface area contributed by atoms with Crippen LogP contribution in [0.1, 0.15) is 11.1 Å². The molecule has 6 heteroatoms. The molecular weight excluding hydrogens is 442 g/mol. The third kappa shape index (κ3) is 4.07. The number of hydrogen-bond donors (Lipinski definition) is 2. The van der Waals surface area contributed by atoms with Gasteiger partial charge in [-0.05, 0) is 54.5 Å². The zero-order valence-electron chi connectivity index (χ0n) is 18.4. The SMILES string of the molecule is Cc1ccc(-n2c(-c3ccccc3)cc(C=C3C(=O)NC(=S)NC3=O)c2-c2ccccc2)cc1. The Kier molecular flexibility index (Phi) is 5.65. The van der Waals surface area contributed by atoms with E-state index >= 15 is 0 Å². The highest BCUT2D eigenvalue weighted by molar-refractivity contribution is 7.80. The first-order chi connectivity index (χ1) is 16.5. The molecule has 5 rings (SSSR count). The van der Waals surface area contributed by atoms with Crippen LogP contribution in [-0.2, 0) is 9.59 Å². The molecule has 0 spiro atoms. The minimum Gasteiger partial charge on any atom is -0.309 e. The van der Waals surface area contributed by atoms with Gasteiger partial charge in [-0.3, -0.25) is 20.2 Å². The maximum atomic E-state index is 12.6. The van der Waals surface area contributed by atoms with Crippen molar-refractivity contribution in [3.05, 3.63) is 108 Å². The van der Waals surface area contributed by atoms with Gasteiger partial charge in [-0.25, -0.2) is 0 Å². The molecule has 2 N–H and O–H groups in total. The number of aryl methyl sites for hydroxylation is 1. The molecule has 1 aliphatic rings. The molecule has 5 nitrogen and oxygen atoms in total. The van der Waals surface area contributed by atoms with Crippen LogP contribution in [0, 0.1) is 6.92 Å². The Labute approximate surface area is 202 Å². The molecule has 34 heavy (non-hydrogen) atoms. The van der Waals surface area contributed by atoms with Gasteiger partial charge in [-0.1, -0.05) is 78.4 Å². The maximum absolute atomic E-state index is 12.6. The van der Waals surface area contributed by atoms with Gasteiger partial charge in [0.05, 0.1) is 11.4 Å². The molecule has 1 aliphatic heterocycles. The van der Waals surface area contributed by atoms with Crippen LogP contribution in [-0.4, -0.2) is 21.5 Å². The highest BCUT2D eigenvalue weighted by Crippen LogP contribution is 2.37. The van der Waals surface area contributed by atoms with Gasteiger partial charge in [-0.15, -0.1) is 0 Å². The van der Waals surface area contributed by atoms with Gasteiger partial charge in [0.2, 0.25) is 0 Å². The monoisotopic (exact) mass is 463 g/mol. The Morgan fingerprint density at radius 2 is 1.32 bits per heavy atom. The molecule has 0 unspecified atom stereocenters. The number of carbonyl (C=O) groups is 2. The summed E-state index contributed by atoms with van der Waals surface area (Å²) < 4.78 is 2.17. The molecule has 4 aromatic rings. The summed E-state index contributed by atoms with van der Waals surface area (Å²) in [7, 11) is 0. The summed E-state index contributed by atoms with van der Waals surface area (Å²) in [4.78, 5) is 25.2. The number of carbonyl (C=O) groups excluding carboxylic acids is 2. The van der Waals surface area contributed by atoms with Crippen LogP contribution in [0.5, 0.6) is 0 Å². The van der Waals surface area contributed by atoms with Crippen LogP contribution >= 0.6 is 12.2 Å². The highest BCUT2D eigenvalue weighted by atomic mass is 32.1. The Morgan fingerprint density at radius 1 is 0.765 bits per heavy atom. The first-order valence-electron chi connectivity index (χ1n) is 10.8. The van der Waals surface area contributed by atoms with Gasteiger partial charge in [0, 0.05) is 11.3 Å². The summed E-state index contributed by atoms with van der Waals surface area (Å²) in [5.41, 5.74) is 6.70. The van der Waals surface area contributed by atoms with Crippen molar-refractivity contribution in [3.63, 3.8) is 0 Å². The zero-order valence-corrected chi connectivity index (χ0v) is 19.2.